The Kier molecular flexibility index (Phi) is 5.77. The van der Waals surface area contributed by atoms with Gasteiger partial charge in [0.25, 0.3) is 5.91 Å². The van der Waals surface area contributed by atoms with Crippen LogP contribution < -0.4 is 10.1 Å². The fourth-order valence-corrected chi connectivity index (χ4v) is 3.23. The lowest BCUT2D eigenvalue weighted by molar-refractivity contribution is 0.0938. The average molecular weight is 356 g/mol. The zero-order valence-corrected chi connectivity index (χ0v) is 15.1. The molecule has 25 heavy (non-hydrogen) atoms. The Morgan fingerprint density at radius 2 is 1.84 bits per heavy atom. The van der Waals surface area contributed by atoms with Crippen LogP contribution in [0.1, 0.15) is 47.2 Å². The summed E-state index contributed by atoms with van der Waals surface area (Å²) >= 11 is 5.91. The number of hydrogen-bond donors (Lipinski definition) is 1. The number of carbonyl (C=O) groups is 1. The third-order valence-corrected chi connectivity index (χ3v) is 4.76. The molecule has 1 aliphatic rings. The number of benzene rings is 2. The summed E-state index contributed by atoms with van der Waals surface area (Å²) in [5.74, 6) is 0.721. The van der Waals surface area contributed by atoms with Crippen molar-refractivity contribution in [1.29, 1.82) is 0 Å². The maximum Gasteiger partial charge on any atom is 0.251 e. The van der Waals surface area contributed by atoms with E-state index in [0.717, 1.165) is 29.7 Å². The normalized spacial score (nSPS) is 14.8. The predicted molar refractivity (Wildman–Crippen MR) is 103 cm³/mol. The quantitative estimate of drug-likeness (QED) is 0.749. The molecule has 0 unspecified atom stereocenters. The Bertz CT molecular complexity index is 762. The van der Waals surface area contributed by atoms with E-state index in [4.69, 9.17) is 16.3 Å². The number of halogens is 1. The summed E-state index contributed by atoms with van der Waals surface area (Å²) in [6, 6.07) is 13.4. The molecule has 0 radical (unpaired) electrons. The fourth-order valence-electron chi connectivity index (χ4n) is 3.10. The largest absolute Gasteiger partial charge is 0.496 e. The summed E-state index contributed by atoms with van der Waals surface area (Å²) in [4.78, 5) is 12.5. The molecule has 3 nitrogen and oxygen atoms in total. The molecule has 1 N–H and O–H groups in total. The Hall–Kier alpha value is -2.26. The number of carbonyl (C=O) groups excluding carboxylic acids is 1. The number of amides is 1. The molecular weight excluding hydrogens is 334 g/mol. The lowest BCUT2D eigenvalue weighted by atomic mass is 10.1. The van der Waals surface area contributed by atoms with Crippen LogP contribution in [0, 0.1) is 0 Å². The first-order valence-electron chi connectivity index (χ1n) is 8.58. The van der Waals surface area contributed by atoms with Crippen molar-refractivity contribution in [2.45, 2.75) is 31.7 Å². The maximum atomic E-state index is 12.5. The Balaban J connectivity index is 1.79. The second-order valence-electron chi connectivity index (χ2n) is 6.30. The van der Waals surface area contributed by atoms with Gasteiger partial charge in [0.15, 0.2) is 0 Å². The van der Waals surface area contributed by atoms with Crippen LogP contribution in [-0.4, -0.2) is 19.1 Å². The van der Waals surface area contributed by atoms with Gasteiger partial charge in [0.05, 0.1) is 7.11 Å². The highest BCUT2D eigenvalue weighted by molar-refractivity contribution is 6.30. The lowest BCUT2D eigenvalue weighted by Crippen LogP contribution is -2.32. The molecule has 2 aromatic carbocycles. The highest BCUT2D eigenvalue weighted by Crippen LogP contribution is 2.24. The molecule has 0 spiro atoms. The zero-order chi connectivity index (χ0) is 17.6. The fraction of sp³-hybridized carbons (Fsp3) is 0.286. The van der Waals surface area contributed by atoms with Crippen LogP contribution in [0.25, 0.3) is 12.2 Å². The van der Waals surface area contributed by atoms with Crippen LogP contribution in [0.3, 0.4) is 0 Å². The summed E-state index contributed by atoms with van der Waals surface area (Å²) in [5.41, 5.74) is 2.56. The van der Waals surface area contributed by atoms with Crippen molar-refractivity contribution in [3.05, 3.63) is 64.2 Å². The van der Waals surface area contributed by atoms with Gasteiger partial charge < -0.3 is 10.1 Å². The van der Waals surface area contributed by atoms with Crippen molar-refractivity contribution < 1.29 is 9.53 Å². The van der Waals surface area contributed by atoms with Gasteiger partial charge in [0.2, 0.25) is 0 Å². The predicted octanol–water partition coefficient (Wildman–Crippen LogP) is 5.19. The number of hydrogen-bond acceptors (Lipinski definition) is 2. The van der Waals surface area contributed by atoms with Crippen LogP contribution >= 0.6 is 11.6 Å². The van der Waals surface area contributed by atoms with Crippen LogP contribution in [0.5, 0.6) is 5.75 Å². The number of rotatable bonds is 5. The molecule has 130 valence electrons. The van der Waals surface area contributed by atoms with Gasteiger partial charge in [-0.1, -0.05) is 48.7 Å². The first kappa shape index (κ1) is 17.6. The van der Waals surface area contributed by atoms with Crippen molar-refractivity contribution in [1.82, 2.24) is 5.32 Å². The molecule has 1 aliphatic carbocycles. The molecule has 1 fully saturated rings. The first-order chi connectivity index (χ1) is 12.2. The van der Waals surface area contributed by atoms with Crippen molar-refractivity contribution >= 4 is 29.7 Å². The summed E-state index contributed by atoms with van der Waals surface area (Å²) in [7, 11) is 1.63. The summed E-state index contributed by atoms with van der Waals surface area (Å²) in [5, 5.41) is 3.83. The van der Waals surface area contributed by atoms with E-state index < -0.39 is 0 Å². The Morgan fingerprint density at radius 1 is 1.12 bits per heavy atom. The molecule has 0 atom stereocenters. The summed E-state index contributed by atoms with van der Waals surface area (Å²) in [6.45, 7) is 0. The molecular formula is C21H22ClNO2. The molecule has 1 amide bonds. The molecule has 0 saturated heterocycles. The average Bonchev–Trinajstić information content (AvgIpc) is 3.14. The first-order valence-corrected chi connectivity index (χ1v) is 8.96. The van der Waals surface area contributed by atoms with E-state index >= 15 is 0 Å². The van der Waals surface area contributed by atoms with E-state index in [0.29, 0.717) is 16.6 Å². The van der Waals surface area contributed by atoms with Gasteiger partial charge in [-0.05, 0) is 48.7 Å². The van der Waals surface area contributed by atoms with Gasteiger partial charge in [0, 0.05) is 22.2 Å². The standard InChI is InChI=1S/C21H22ClNO2/c1-25-20-13-10-17(21(24)23-19-4-2-3-5-19)14-16(20)9-6-15-7-11-18(22)12-8-15/h6-14,19H,2-5H2,1H3,(H,23,24)/b9-6+. The van der Waals surface area contributed by atoms with Crippen LogP contribution in [0.2, 0.25) is 5.02 Å². The summed E-state index contributed by atoms with van der Waals surface area (Å²) in [6.07, 6.45) is 8.48. The number of ether oxygens (including phenoxy) is 1. The van der Waals surface area contributed by atoms with Crippen LogP contribution in [0.4, 0.5) is 0 Å². The van der Waals surface area contributed by atoms with E-state index in [2.05, 4.69) is 5.32 Å². The highest BCUT2D eigenvalue weighted by Gasteiger charge is 2.18. The van der Waals surface area contributed by atoms with E-state index in [9.17, 15) is 4.79 Å². The minimum atomic E-state index is -0.0179. The number of methoxy groups -OCH3 is 1. The molecule has 0 aromatic heterocycles. The molecule has 2 aromatic rings. The summed E-state index contributed by atoms with van der Waals surface area (Å²) < 4.78 is 5.42. The van der Waals surface area contributed by atoms with Gasteiger partial charge in [-0.25, -0.2) is 0 Å². The monoisotopic (exact) mass is 355 g/mol. The van der Waals surface area contributed by atoms with Gasteiger partial charge in [-0.15, -0.1) is 0 Å². The van der Waals surface area contributed by atoms with Gasteiger partial charge in [0.1, 0.15) is 5.75 Å². The van der Waals surface area contributed by atoms with Crippen molar-refractivity contribution in [2.24, 2.45) is 0 Å². The molecule has 0 heterocycles. The van der Waals surface area contributed by atoms with Crippen LogP contribution in [0.15, 0.2) is 42.5 Å². The molecule has 3 rings (SSSR count). The zero-order valence-electron chi connectivity index (χ0n) is 14.3. The third kappa shape index (κ3) is 4.64. The topological polar surface area (TPSA) is 38.3 Å². The second-order valence-corrected chi connectivity index (χ2v) is 6.73. The second kappa shape index (κ2) is 8.21. The molecule has 4 heteroatoms. The van der Waals surface area contributed by atoms with Crippen molar-refractivity contribution in [3.63, 3.8) is 0 Å². The van der Waals surface area contributed by atoms with Crippen LogP contribution in [-0.2, 0) is 0 Å². The van der Waals surface area contributed by atoms with E-state index in [1.165, 1.54) is 12.8 Å². The van der Waals surface area contributed by atoms with E-state index in [1.807, 2.05) is 54.6 Å². The molecule has 0 bridgehead atoms. The minimum Gasteiger partial charge on any atom is -0.496 e. The van der Waals surface area contributed by atoms with Gasteiger partial charge >= 0.3 is 0 Å². The Labute approximate surface area is 153 Å². The van der Waals surface area contributed by atoms with Crippen molar-refractivity contribution in [2.75, 3.05) is 7.11 Å². The Morgan fingerprint density at radius 3 is 2.52 bits per heavy atom. The SMILES string of the molecule is COc1ccc(C(=O)NC2CCCC2)cc1/C=C/c1ccc(Cl)cc1. The lowest BCUT2D eigenvalue weighted by Gasteiger charge is -2.13. The van der Waals surface area contributed by atoms with Gasteiger partial charge in [-0.3, -0.25) is 4.79 Å². The van der Waals surface area contributed by atoms with E-state index in [1.54, 1.807) is 7.11 Å². The smallest absolute Gasteiger partial charge is 0.251 e. The molecule has 0 aliphatic heterocycles. The minimum absolute atomic E-state index is 0.0179. The van der Waals surface area contributed by atoms with Gasteiger partial charge in [-0.2, -0.15) is 0 Å². The molecule has 1 saturated carbocycles. The highest BCUT2D eigenvalue weighted by atomic mass is 35.5. The van der Waals surface area contributed by atoms with E-state index in [-0.39, 0.29) is 5.91 Å². The maximum absolute atomic E-state index is 12.5. The van der Waals surface area contributed by atoms with Crippen molar-refractivity contribution in [3.8, 4) is 5.75 Å². The third-order valence-electron chi connectivity index (χ3n) is 4.51. The number of nitrogens with one attached hydrogen (secondary N) is 1.